The van der Waals surface area contributed by atoms with Gasteiger partial charge < -0.3 is 5.32 Å². The van der Waals surface area contributed by atoms with E-state index in [1.54, 1.807) is 0 Å². The summed E-state index contributed by atoms with van der Waals surface area (Å²) < 4.78 is 3.90. The van der Waals surface area contributed by atoms with Crippen LogP contribution in [-0.4, -0.2) is 35.9 Å². The van der Waals surface area contributed by atoms with Gasteiger partial charge in [0.2, 0.25) is 0 Å². The first-order chi connectivity index (χ1) is 12.2. The average Bonchev–Trinajstić information content (AvgIpc) is 3.19. The van der Waals surface area contributed by atoms with Crippen molar-refractivity contribution in [3.8, 4) is 5.69 Å². The summed E-state index contributed by atoms with van der Waals surface area (Å²) in [5, 5.41) is 16.2. The third-order valence-electron chi connectivity index (χ3n) is 4.04. The summed E-state index contributed by atoms with van der Waals surface area (Å²) in [7, 11) is 0. The van der Waals surface area contributed by atoms with Gasteiger partial charge in [-0.3, -0.25) is 4.40 Å². The number of hydrogen-bond acceptors (Lipinski definition) is 5. The molecule has 0 aromatic carbocycles. The van der Waals surface area contributed by atoms with Crippen molar-refractivity contribution < 1.29 is 0 Å². The molecule has 0 amide bonds. The highest BCUT2D eigenvalue weighted by Crippen LogP contribution is 2.13. The van der Waals surface area contributed by atoms with Gasteiger partial charge in [-0.2, -0.15) is 5.10 Å². The number of fused-ring (bicyclic) bond motifs is 1. The van der Waals surface area contributed by atoms with Crippen LogP contribution >= 0.6 is 0 Å². The summed E-state index contributed by atoms with van der Waals surface area (Å²) in [6.07, 6.45) is 4.58. The standard InChI is InChI=1S/C18H19N7/c1-13-11-14(2)25(23-13)15-6-7-16(20-12-15)19-9-8-18-22-21-17-5-3-4-10-24(17)18/h3-7,10-12H,8-9H2,1-2H3,(H,19,20). The molecule has 4 heterocycles. The van der Waals surface area contributed by atoms with Crippen LogP contribution in [0.25, 0.3) is 11.3 Å². The van der Waals surface area contributed by atoms with E-state index in [0.29, 0.717) is 0 Å². The Balaban J connectivity index is 1.41. The molecule has 1 N–H and O–H groups in total. The first-order valence-electron chi connectivity index (χ1n) is 8.23. The van der Waals surface area contributed by atoms with Crippen LogP contribution in [0.15, 0.2) is 48.8 Å². The second kappa shape index (κ2) is 6.35. The predicted octanol–water partition coefficient (Wildman–Crippen LogP) is 2.58. The molecule has 126 valence electrons. The molecule has 7 nitrogen and oxygen atoms in total. The third-order valence-corrected chi connectivity index (χ3v) is 4.04. The summed E-state index contributed by atoms with van der Waals surface area (Å²) in [6, 6.07) is 11.9. The molecule has 0 aliphatic rings. The molecular weight excluding hydrogens is 314 g/mol. The van der Waals surface area contributed by atoms with Gasteiger partial charge in [0, 0.05) is 24.9 Å². The Bertz CT molecular complexity index is 998. The predicted molar refractivity (Wildman–Crippen MR) is 96.0 cm³/mol. The highest BCUT2D eigenvalue weighted by molar-refractivity contribution is 5.41. The number of pyridine rings is 2. The van der Waals surface area contributed by atoms with Crippen molar-refractivity contribution in [2.75, 3.05) is 11.9 Å². The fourth-order valence-electron chi connectivity index (χ4n) is 2.87. The Labute approximate surface area is 145 Å². The maximum atomic E-state index is 4.47. The summed E-state index contributed by atoms with van der Waals surface area (Å²) >= 11 is 0. The maximum Gasteiger partial charge on any atom is 0.160 e. The molecule has 0 aliphatic heterocycles. The molecule has 0 saturated carbocycles. The quantitative estimate of drug-likeness (QED) is 0.608. The van der Waals surface area contributed by atoms with Gasteiger partial charge in [0.15, 0.2) is 5.65 Å². The molecule has 0 bridgehead atoms. The fraction of sp³-hybridized carbons (Fsp3) is 0.222. The number of aryl methyl sites for hydroxylation is 2. The van der Waals surface area contributed by atoms with E-state index < -0.39 is 0 Å². The number of nitrogens with one attached hydrogen (secondary N) is 1. The lowest BCUT2D eigenvalue weighted by atomic mass is 10.3. The molecule has 0 radical (unpaired) electrons. The highest BCUT2D eigenvalue weighted by atomic mass is 15.3. The maximum absolute atomic E-state index is 4.47. The largest absolute Gasteiger partial charge is 0.370 e. The summed E-state index contributed by atoms with van der Waals surface area (Å²) in [5.41, 5.74) is 3.92. The summed E-state index contributed by atoms with van der Waals surface area (Å²) in [5.74, 6) is 1.77. The van der Waals surface area contributed by atoms with E-state index >= 15 is 0 Å². The van der Waals surface area contributed by atoms with E-state index in [-0.39, 0.29) is 0 Å². The zero-order valence-electron chi connectivity index (χ0n) is 14.2. The Morgan fingerprint density at radius 2 is 2.00 bits per heavy atom. The van der Waals surface area contributed by atoms with Crippen LogP contribution in [0.3, 0.4) is 0 Å². The Kier molecular flexibility index (Phi) is 3.89. The van der Waals surface area contributed by atoms with Crippen LogP contribution in [-0.2, 0) is 6.42 Å². The van der Waals surface area contributed by atoms with Crippen molar-refractivity contribution in [2.24, 2.45) is 0 Å². The second-order valence-corrected chi connectivity index (χ2v) is 5.96. The molecular formula is C18H19N7. The SMILES string of the molecule is Cc1cc(C)n(-c2ccc(NCCc3nnc4ccccn34)nc2)n1. The molecule has 0 unspecified atom stereocenters. The number of anilines is 1. The highest BCUT2D eigenvalue weighted by Gasteiger charge is 2.06. The van der Waals surface area contributed by atoms with Gasteiger partial charge in [-0.1, -0.05) is 6.07 Å². The van der Waals surface area contributed by atoms with Gasteiger partial charge in [-0.05, 0) is 44.2 Å². The molecule has 25 heavy (non-hydrogen) atoms. The topological polar surface area (TPSA) is 72.9 Å². The molecule has 4 rings (SSSR count). The molecule has 0 saturated heterocycles. The van der Waals surface area contributed by atoms with Crippen molar-refractivity contribution >= 4 is 11.5 Å². The summed E-state index contributed by atoms with van der Waals surface area (Å²) in [4.78, 5) is 4.47. The van der Waals surface area contributed by atoms with E-state index in [1.807, 2.05) is 65.7 Å². The minimum absolute atomic E-state index is 0.738. The van der Waals surface area contributed by atoms with Gasteiger partial charge in [-0.25, -0.2) is 9.67 Å². The normalized spacial score (nSPS) is 11.1. The first kappa shape index (κ1) is 15.3. The van der Waals surface area contributed by atoms with Crippen LogP contribution in [0.2, 0.25) is 0 Å². The lowest BCUT2D eigenvalue weighted by Crippen LogP contribution is -2.09. The van der Waals surface area contributed by atoms with Gasteiger partial charge >= 0.3 is 0 Å². The Morgan fingerprint density at radius 3 is 2.76 bits per heavy atom. The molecule has 0 spiro atoms. The number of aromatic nitrogens is 6. The second-order valence-electron chi connectivity index (χ2n) is 5.96. The van der Waals surface area contributed by atoms with Gasteiger partial charge in [0.1, 0.15) is 11.6 Å². The third kappa shape index (κ3) is 3.08. The van der Waals surface area contributed by atoms with Crippen molar-refractivity contribution in [2.45, 2.75) is 20.3 Å². The molecule has 0 aliphatic carbocycles. The lowest BCUT2D eigenvalue weighted by molar-refractivity contribution is 0.827. The molecule has 0 fully saturated rings. The van der Waals surface area contributed by atoms with E-state index in [0.717, 1.165) is 47.3 Å². The molecule has 0 atom stereocenters. The van der Waals surface area contributed by atoms with Crippen LogP contribution in [0, 0.1) is 13.8 Å². The van der Waals surface area contributed by atoms with Crippen LogP contribution in [0.4, 0.5) is 5.82 Å². The Hall–Kier alpha value is -3.22. The van der Waals surface area contributed by atoms with Crippen molar-refractivity contribution in [1.29, 1.82) is 0 Å². The zero-order chi connectivity index (χ0) is 17.2. The Morgan fingerprint density at radius 1 is 1.08 bits per heavy atom. The number of hydrogen-bond donors (Lipinski definition) is 1. The minimum Gasteiger partial charge on any atom is -0.370 e. The average molecular weight is 333 g/mol. The van der Waals surface area contributed by atoms with Crippen molar-refractivity contribution in [1.82, 2.24) is 29.4 Å². The van der Waals surface area contributed by atoms with Gasteiger partial charge in [0.05, 0.1) is 17.6 Å². The number of rotatable bonds is 5. The zero-order valence-corrected chi connectivity index (χ0v) is 14.2. The van der Waals surface area contributed by atoms with E-state index in [2.05, 4.69) is 31.7 Å². The van der Waals surface area contributed by atoms with Crippen LogP contribution < -0.4 is 5.32 Å². The van der Waals surface area contributed by atoms with Crippen molar-refractivity contribution in [3.63, 3.8) is 0 Å². The fourth-order valence-corrected chi connectivity index (χ4v) is 2.87. The van der Waals surface area contributed by atoms with Gasteiger partial charge in [-0.15, -0.1) is 10.2 Å². The van der Waals surface area contributed by atoms with Crippen LogP contribution in [0.5, 0.6) is 0 Å². The number of nitrogens with zero attached hydrogens (tertiary/aromatic N) is 6. The molecule has 4 aromatic heterocycles. The minimum atomic E-state index is 0.738. The van der Waals surface area contributed by atoms with E-state index in [1.165, 1.54) is 0 Å². The van der Waals surface area contributed by atoms with E-state index in [9.17, 15) is 0 Å². The first-order valence-corrected chi connectivity index (χ1v) is 8.23. The monoisotopic (exact) mass is 333 g/mol. The van der Waals surface area contributed by atoms with Crippen molar-refractivity contribution in [3.05, 3.63) is 66.0 Å². The summed E-state index contributed by atoms with van der Waals surface area (Å²) in [6.45, 7) is 4.76. The van der Waals surface area contributed by atoms with E-state index in [4.69, 9.17) is 0 Å². The van der Waals surface area contributed by atoms with Gasteiger partial charge in [0.25, 0.3) is 0 Å². The lowest BCUT2D eigenvalue weighted by Gasteiger charge is -2.07. The van der Waals surface area contributed by atoms with Crippen LogP contribution in [0.1, 0.15) is 17.2 Å². The molecule has 4 aromatic rings. The smallest absolute Gasteiger partial charge is 0.160 e. The molecule has 7 heteroatoms.